The first-order valence-electron chi connectivity index (χ1n) is 7.63. The van der Waals surface area contributed by atoms with E-state index in [1.165, 1.54) is 4.90 Å². The van der Waals surface area contributed by atoms with Crippen molar-refractivity contribution >= 4 is 35.0 Å². The van der Waals surface area contributed by atoms with Crippen LogP contribution in [0.3, 0.4) is 0 Å². The molecule has 0 spiro atoms. The molecule has 1 N–H and O–H groups in total. The van der Waals surface area contributed by atoms with Gasteiger partial charge in [0.1, 0.15) is 0 Å². The van der Waals surface area contributed by atoms with E-state index in [0.29, 0.717) is 23.4 Å². The molecule has 0 aromatic heterocycles. The number of thioether (sulfide) groups is 1. The third-order valence-corrected chi connectivity index (χ3v) is 5.15. The molecule has 3 rings (SSSR count). The lowest BCUT2D eigenvalue weighted by Gasteiger charge is -2.33. The van der Waals surface area contributed by atoms with Crippen molar-refractivity contribution < 1.29 is 4.79 Å². The average molecular weight is 347 g/mol. The predicted molar refractivity (Wildman–Crippen MR) is 97.3 cm³/mol. The summed E-state index contributed by atoms with van der Waals surface area (Å²) in [5.41, 5.74) is 2.20. The Morgan fingerprint density at radius 3 is 2.78 bits per heavy atom. The summed E-state index contributed by atoms with van der Waals surface area (Å²) in [7, 11) is 0. The molecule has 0 saturated heterocycles. The zero-order chi connectivity index (χ0) is 16.2. The van der Waals surface area contributed by atoms with E-state index >= 15 is 0 Å². The first kappa shape index (κ1) is 16.2. The van der Waals surface area contributed by atoms with Gasteiger partial charge in [-0.3, -0.25) is 4.79 Å². The van der Waals surface area contributed by atoms with Gasteiger partial charge in [-0.05, 0) is 29.8 Å². The van der Waals surface area contributed by atoms with Crippen LogP contribution in [0.25, 0.3) is 0 Å². The number of rotatable bonds is 4. The molecule has 0 aliphatic carbocycles. The van der Waals surface area contributed by atoms with Crippen LogP contribution in [0.5, 0.6) is 0 Å². The average Bonchev–Trinajstić information content (AvgIpc) is 2.54. The van der Waals surface area contributed by atoms with Gasteiger partial charge in [-0.1, -0.05) is 42.8 Å². The van der Waals surface area contributed by atoms with Crippen LogP contribution in [0, 0.1) is 0 Å². The molecule has 0 unspecified atom stereocenters. The summed E-state index contributed by atoms with van der Waals surface area (Å²) in [5, 5.41) is 4.17. The van der Waals surface area contributed by atoms with Gasteiger partial charge in [-0.25, -0.2) is 0 Å². The number of fused-ring (bicyclic) bond motifs is 1. The van der Waals surface area contributed by atoms with Gasteiger partial charge in [0, 0.05) is 28.3 Å². The number of nitrogens with zero attached hydrogens (tertiary/aromatic N) is 1. The third-order valence-electron chi connectivity index (χ3n) is 3.75. The van der Waals surface area contributed by atoms with Gasteiger partial charge in [0.15, 0.2) is 0 Å². The second-order valence-corrected chi connectivity index (χ2v) is 7.60. The number of anilines is 1. The minimum absolute atomic E-state index is 0.0360. The number of nitrogens with one attached hydrogen (secondary N) is 1. The van der Waals surface area contributed by atoms with Crippen molar-refractivity contribution in [2.24, 2.45) is 0 Å². The molecular weight excluding hydrogens is 328 g/mol. The molecule has 23 heavy (non-hydrogen) atoms. The topological polar surface area (TPSA) is 32.3 Å². The fraction of sp³-hybridized carbons (Fsp3) is 0.278. The molecule has 0 radical (unpaired) electrons. The summed E-state index contributed by atoms with van der Waals surface area (Å²) in [4.78, 5) is 15.7. The van der Waals surface area contributed by atoms with E-state index in [1.807, 2.05) is 48.2 Å². The Bertz CT molecular complexity index is 690. The molecule has 1 aliphatic rings. The van der Waals surface area contributed by atoms with E-state index in [0.717, 1.165) is 17.8 Å². The van der Waals surface area contributed by atoms with Crippen LogP contribution in [0.4, 0.5) is 5.69 Å². The molecule has 3 nitrogen and oxygen atoms in total. The first-order valence-corrected chi connectivity index (χ1v) is 8.89. The molecule has 1 amide bonds. The molecule has 0 saturated carbocycles. The number of halogens is 1. The van der Waals surface area contributed by atoms with Crippen molar-refractivity contribution in [3.63, 3.8) is 0 Å². The Morgan fingerprint density at radius 1 is 1.26 bits per heavy atom. The number of carbonyl (C=O) groups is 1. The van der Waals surface area contributed by atoms with Gasteiger partial charge in [-0.15, -0.1) is 11.8 Å². The number of hydrogen-bond acceptors (Lipinski definition) is 3. The smallest absolute Gasteiger partial charge is 0.239 e. The van der Waals surface area contributed by atoms with Gasteiger partial charge in [-0.2, -0.15) is 0 Å². The molecule has 120 valence electrons. The van der Waals surface area contributed by atoms with Crippen LogP contribution in [-0.2, 0) is 11.3 Å². The number of amides is 1. The largest absolute Gasteiger partial charge is 0.360 e. The van der Waals surface area contributed by atoms with E-state index in [2.05, 4.69) is 29.3 Å². The Labute approximate surface area is 146 Å². The summed E-state index contributed by atoms with van der Waals surface area (Å²) in [5.74, 6) is 0.0360. The number of hydrogen-bond donors (Lipinski definition) is 1. The third kappa shape index (κ3) is 4.21. The SMILES string of the molecule is C[C@H]1CN(CC(=O)NCc2ccc(Cl)cc2)c2ccccc2S1. The molecule has 1 atom stereocenters. The van der Waals surface area contributed by atoms with Crippen LogP contribution in [-0.4, -0.2) is 24.2 Å². The first-order chi connectivity index (χ1) is 11.1. The van der Waals surface area contributed by atoms with Crippen LogP contribution in [0.2, 0.25) is 5.02 Å². The Hall–Kier alpha value is -1.65. The van der Waals surface area contributed by atoms with Crippen LogP contribution in [0.15, 0.2) is 53.4 Å². The number of carbonyl (C=O) groups excluding carboxylic acids is 1. The van der Waals surface area contributed by atoms with E-state index in [1.54, 1.807) is 0 Å². The number of benzene rings is 2. The minimum Gasteiger partial charge on any atom is -0.360 e. The second-order valence-electron chi connectivity index (χ2n) is 5.68. The second kappa shape index (κ2) is 7.28. The zero-order valence-electron chi connectivity index (χ0n) is 13.0. The lowest BCUT2D eigenvalue weighted by Crippen LogP contribution is -2.41. The molecule has 1 heterocycles. The van der Waals surface area contributed by atoms with Gasteiger partial charge in [0.05, 0.1) is 12.2 Å². The van der Waals surface area contributed by atoms with Crippen molar-refractivity contribution in [3.05, 3.63) is 59.1 Å². The van der Waals surface area contributed by atoms with Crippen LogP contribution < -0.4 is 10.2 Å². The molecule has 0 bridgehead atoms. The summed E-state index contributed by atoms with van der Waals surface area (Å²) in [6.45, 7) is 3.99. The van der Waals surface area contributed by atoms with Crippen molar-refractivity contribution in [3.8, 4) is 0 Å². The fourth-order valence-electron chi connectivity index (χ4n) is 2.66. The highest BCUT2D eigenvalue weighted by Crippen LogP contribution is 2.37. The molecule has 5 heteroatoms. The Balaban J connectivity index is 1.60. The fourth-order valence-corrected chi connectivity index (χ4v) is 3.95. The normalized spacial score (nSPS) is 16.8. The van der Waals surface area contributed by atoms with Gasteiger partial charge in [0.25, 0.3) is 0 Å². The molecule has 2 aromatic carbocycles. The summed E-state index contributed by atoms with van der Waals surface area (Å²) in [6.07, 6.45) is 0. The van der Waals surface area contributed by atoms with E-state index in [4.69, 9.17) is 11.6 Å². The van der Waals surface area contributed by atoms with Crippen molar-refractivity contribution in [2.75, 3.05) is 18.0 Å². The summed E-state index contributed by atoms with van der Waals surface area (Å²) in [6, 6.07) is 15.8. The summed E-state index contributed by atoms with van der Waals surface area (Å²) < 4.78 is 0. The lowest BCUT2D eigenvalue weighted by atomic mass is 10.2. The van der Waals surface area contributed by atoms with Gasteiger partial charge in [0.2, 0.25) is 5.91 Å². The summed E-state index contributed by atoms with van der Waals surface area (Å²) >= 11 is 7.74. The zero-order valence-corrected chi connectivity index (χ0v) is 14.5. The van der Waals surface area contributed by atoms with Crippen molar-refractivity contribution in [1.82, 2.24) is 5.32 Å². The van der Waals surface area contributed by atoms with E-state index < -0.39 is 0 Å². The Kier molecular flexibility index (Phi) is 5.13. The maximum absolute atomic E-state index is 12.3. The maximum atomic E-state index is 12.3. The lowest BCUT2D eigenvalue weighted by molar-refractivity contribution is -0.119. The number of para-hydroxylation sites is 1. The molecule has 0 fully saturated rings. The van der Waals surface area contributed by atoms with E-state index in [9.17, 15) is 4.79 Å². The molecular formula is C18H19ClN2OS. The van der Waals surface area contributed by atoms with Crippen molar-refractivity contribution in [1.29, 1.82) is 0 Å². The van der Waals surface area contributed by atoms with Crippen molar-refractivity contribution in [2.45, 2.75) is 23.6 Å². The highest BCUT2D eigenvalue weighted by Gasteiger charge is 2.23. The Morgan fingerprint density at radius 2 is 2.00 bits per heavy atom. The van der Waals surface area contributed by atoms with Crippen LogP contribution in [0.1, 0.15) is 12.5 Å². The monoisotopic (exact) mass is 346 g/mol. The maximum Gasteiger partial charge on any atom is 0.239 e. The molecule has 2 aromatic rings. The predicted octanol–water partition coefficient (Wildman–Crippen LogP) is 3.96. The van der Waals surface area contributed by atoms with Gasteiger partial charge < -0.3 is 10.2 Å². The quantitative estimate of drug-likeness (QED) is 0.909. The van der Waals surface area contributed by atoms with Crippen LogP contribution >= 0.6 is 23.4 Å². The highest BCUT2D eigenvalue weighted by atomic mass is 35.5. The molecule has 1 aliphatic heterocycles. The standard InChI is InChI=1S/C18H19ClN2OS/c1-13-11-21(16-4-2-3-5-17(16)23-13)12-18(22)20-10-14-6-8-15(19)9-7-14/h2-9,13H,10-12H2,1H3,(H,20,22)/t13-/m0/s1. The highest BCUT2D eigenvalue weighted by molar-refractivity contribution is 8.00. The van der Waals surface area contributed by atoms with Gasteiger partial charge >= 0.3 is 0 Å². The van der Waals surface area contributed by atoms with E-state index in [-0.39, 0.29) is 5.91 Å². The minimum atomic E-state index is 0.0360.